The lowest BCUT2D eigenvalue weighted by Crippen LogP contribution is -2.29. The fourth-order valence-electron chi connectivity index (χ4n) is 0.748. The van der Waals surface area contributed by atoms with Crippen LogP contribution >= 0.6 is 22.9 Å². The second kappa shape index (κ2) is 3.68. The van der Waals surface area contributed by atoms with Crippen molar-refractivity contribution in [3.63, 3.8) is 0 Å². The summed E-state index contributed by atoms with van der Waals surface area (Å²) in [5.41, 5.74) is 0.674. The Hall–Kier alpha value is -0.190. The molecule has 0 radical (unpaired) electrons. The summed E-state index contributed by atoms with van der Waals surface area (Å²) >= 11 is 6.01. The molecule has 0 spiro atoms. The summed E-state index contributed by atoms with van der Waals surface area (Å²) in [7, 11) is 0. The van der Waals surface area contributed by atoms with E-state index in [4.69, 9.17) is 5.11 Å². The fraction of sp³-hybridized carbons (Fsp3) is 0.429. The van der Waals surface area contributed by atoms with E-state index in [0.29, 0.717) is 5.56 Å². The quantitative estimate of drug-likeness (QED) is 0.764. The van der Waals surface area contributed by atoms with Gasteiger partial charge in [0.1, 0.15) is 6.10 Å². The molecule has 1 rings (SSSR count). The number of hydrogen-bond donors (Lipinski definition) is 1. The van der Waals surface area contributed by atoms with E-state index in [1.807, 2.05) is 0 Å². The predicted octanol–water partition coefficient (Wildman–Crippen LogP) is 2.48. The summed E-state index contributed by atoms with van der Waals surface area (Å²) in [5, 5.41) is 8.80. The van der Waals surface area contributed by atoms with E-state index in [-0.39, 0.29) is 6.42 Å². The molecule has 1 nitrogen and oxygen atoms in total. The molecule has 0 bridgehead atoms. The molecule has 0 fully saturated rings. The number of hydrogen-bond acceptors (Lipinski definition) is 2. The van der Waals surface area contributed by atoms with Gasteiger partial charge >= 0.3 is 5.38 Å². The Bertz CT molecular complexity index is 232. The minimum atomic E-state index is -3.54. The van der Waals surface area contributed by atoms with E-state index in [0.717, 1.165) is 0 Å². The molecule has 0 aliphatic carbocycles. The maximum atomic E-state index is 12.2. The number of aliphatic hydroxyl groups excluding tert-OH is 1. The Morgan fingerprint density at radius 1 is 1.67 bits per heavy atom. The van der Waals surface area contributed by atoms with Crippen molar-refractivity contribution in [2.24, 2.45) is 0 Å². The van der Waals surface area contributed by atoms with Gasteiger partial charge in [-0.25, -0.2) is 0 Å². The number of halogens is 3. The van der Waals surface area contributed by atoms with Crippen LogP contribution in [0.25, 0.3) is 0 Å². The van der Waals surface area contributed by atoms with Gasteiger partial charge in [0.25, 0.3) is 0 Å². The molecule has 0 aliphatic heterocycles. The molecular formula is C7H7ClF2OS. The molecule has 1 atom stereocenters. The average Bonchev–Trinajstić information content (AvgIpc) is 2.37. The normalized spacial score (nSPS) is 14.7. The van der Waals surface area contributed by atoms with E-state index in [2.05, 4.69) is 11.6 Å². The molecule has 68 valence electrons. The lowest BCUT2D eigenvalue weighted by molar-refractivity contribution is -0.0397. The topological polar surface area (TPSA) is 20.2 Å². The number of alkyl halides is 3. The van der Waals surface area contributed by atoms with Crippen molar-refractivity contribution in [3.05, 3.63) is 22.4 Å². The summed E-state index contributed by atoms with van der Waals surface area (Å²) in [5.74, 6) is 0. The van der Waals surface area contributed by atoms with Gasteiger partial charge in [-0.2, -0.15) is 20.1 Å². The maximum Gasteiger partial charge on any atom is 0.347 e. The van der Waals surface area contributed by atoms with Gasteiger partial charge in [0, 0.05) is 6.42 Å². The molecule has 5 heteroatoms. The van der Waals surface area contributed by atoms with Crippen molar-refractivity contribution in [1.82, 2.24) is 0 Å². The molecule has 1 N–H and O–H groups in total. The molecule has 0 saturated carbocycles. The third kappa shape index (κ3) is 2.69. The van der Waals surface area contributed by atoms with Gasteiger partial charge in [-0.05, 0) is 34.0 Å². The molecule has 1 aromatic heterocycles. The van der Waals surface area contributed by atoms with Crippen molar-refractivity contribution in [1.29, 1.82) is 0 Å². The number of thiophene rings is 1. The number of aliphatic hydroxyl groups is 1. The first-order valence-electron chi connectivity index (χ1n) is 3.26. The predicted molar refractivity (Wildman–Crippen MR) is 44.8 cm³/mol. The zero-order valence-corrected chi connectivity index (χ0v) is 7.58. The van der Waals surface area contributed by atoms with Crippen LogP contribution in [0.2, 0.25) is 0 Å². The van der Waals surface area contributed by atoms with Crippen LogP contribution in [0.1, 0.15) is 5.56 Å². The largest absolute Gasteiger partial charge is 0.385 e. The molecule has 12 heavy (non-hydrogen) atoms. The number of rotatable bonds is 3. The first kappa shape index (κ1) is 9.89. The Balaban J connectivity index is 2.53. The minimum Gasteiger partial charge on any atom is -0.385 e. The summed E-state index contributed by atoms with van der Waals surface area (Å²) < 4.78 is 24.5. The van der Waals surface area contributed by atoms with E-state index in [1.165, 1.54) is 11.3 Å². The zero-order valence-electron chi connectivity index (χ0n) is 6.01. The molecular weight excluding hydrogens is 206 g/mol. The van der Waals surface area contributed by atoms with Gasteiger partial charge in [-0.1, -0.05) is 0 Å². The van der Waals surface area contributed by atoms with E-state index in [9.17, 15) is 8.78 Å². The zero-order chi connectivity index (χ0) is 9.19. The summed E-state index contributed by atoms with van der Waals surface area (Å²) in [6, 6.07) is 1.68. The van der Waals surface area contributed by atoms with Gasteiger partial charge in [0.05, 0.1) is 0 Å². The third-order valence-electron chi connectivity index (χ3n) is 1.39. The molecule has 0 saturated heterocycles. The molecule has 1 unspecified atom stereocenters. The van der Waals surface area contributed by atoms with Crippen molar-refractivity contribution in [2.45, 2.75) is 17.9 Å². The van der Waals surface area contributed by atoms with E-state index >= 15 is 0 Å². The lowest BCUT2D eigenvalue weighted by Gasteiger charge is -2.14. The smallest absolute Gasteiger partial charge is 0.347 e. The first-order valence-corrected chi connectivity index (χ1v) is 4.58. The SMILES string of the molecule is OC(Cc1ccsc1)C(F)(F)Cl. The summed E-state index contributed by atoms with van der Waals surface area (Å²) in [6.07, 6.45) is -1.92. The Morgan fingerprint density at radius 2 is 2.33 bits per heavy atom. The monoisotopic (exact) mass is 212 g/mol. The highest BCUT2D eigenvalue weighted by molar-refractivity contribution is 7.07. The van der Waals surface area contributed by atoms with Crippen LogP contribution in [0.5, 0.6) is 0 Å². The van der Waals surface area contributed by atoms with Crippen LogP contribution in [0, 0.1) is 0 Å². The van der Waals surface area contributed by atoms with Crippen molar-refractivity contribution < 1.29 is 13.9 Å². The second-order valence-corrected chi connectivity index (χ2v) is 3.68. The fourth-order valence-corrected chi connectivity index (χ4v) is 1.51. The minimum absolute atomic E-state index is 0.111. The van der Waals surface area contributed by atoms with Crippen molar-refractivity contribution in [3.8, 4) is 0 Å². The average molecular weight is 213 g/mol. The van der Waals surface area contributed by atoms with Gasteiger partial charge in [-0.15, -0.1) is 0 Å². The molecule has 0 aromatic carbocycles. The Labute approximate surface area is 77.6 Å². The maximum absolute atomic E-state index is 12.2. The summed E-state index contributed by atoms with van der Waals surface area (Å²) in [4.78, 5) is 0. The highest BCUT2D eigenvalue weighted by atomic mass is 35.5. The molecule has 1 aromatic rings. The van der Waals surface area contributed by atoms with Crippen molar-refractivity contribution in [2.75, 3.05) is 0 Å². The van der Waals surface area contributed by atoms with Gasteiger partial charge < -0.3 is 5.11 Å². The van der Waals surface area contributed by atoms with Crippen LogP contribution in [0.4, 0.5) is 8.78 Å². The van der Waals surface area contributed by atoms with Crippen molar-refractivity contribution >= 4 is 22.9 Å². The second-order valence-electron chi connectivity index (χ2n) is 2.39. The summed E-state index contributed by atoms with van der Waals surface area (Å²) in [6.45, 7) is 0. The lowest BCUT2D eigenvalue weighted by atomic mass is 10.1. The highest BCUT2D eigenvalue weighted by Crippen LogP contribution is 2.26. The van der Waals surface area contributed by atoms with Gasteiger partial charge in [0.2, 0.25) is 0 Å². The highest BCUT2D eigenvalue weighted by Gasteiger charge is 2.35. The Kier molecular flexibility index (Phi) is 3.04. The standard InChI is InChI=1S/C7H7ClF2OS/c8-7(9,10)6(11)3-5-1-2-12-4-5/h1-2,4,6,11H,3H2. The molecule has 0 amide bonds. The molecule has 1 heterocycles. The van der Waals surface area contributed by atoms with Gasteiger partial charge in [-0.3, -0.25) is 0 Å². The van der Waals surface area contributed by atoms with Crippen LogP contribution in [0.15, 0.2) is 16.8 Å². The Morgan fingerprint density at radius 3 is 2.75 bits per heavy atom. The van der Waals surface area contributed by atoms with Crippen LogP contribution in [-0.2, 0) is 6.42 Å². The van der Waals surface area contributed by atoms with Crippen LogP contribution in [0.3, 0.4) is 0 Å². The van der Waals surface area contributed by atoms with Crippen LogP contribution < -0.4 is 0 Å². The van der Waals surface area contributed by atoms with Crippen LogP contribution in [-0.4, -0.2) is 16.6 Å². The third-order valence-corrected chi connectivity index (χ3v) is 2.37. The van der Waals surface area contributed by atoms with E-state index < -0.39 is 11.5 Å². The van der Waals surface area contributed by atoms with E-state index in [1.54, 1.807) is 16.8 Å². The molecule has 0 aliphatic rings. The van der Waals surface area contributed by atoms with Gasteiger partial charge in [0.15, 0.2) is 0 Å². The first-order chi connectivity index (χ1) is 5.50.